The normalized spacial score (nSPS) is 20.2. The number of rotatable bonds is 10. The van der Waals surface area contributed by atoms with Crippen molar-refractivity contribution in [3.05, 3.63) is 0 Å². The summed E-state index contributed by atoms with van der Waals surface area (Å²) in [6.45, 7) is -0.991. The van der Waals surface area contributed by atoms with Crippen LogP contribution in [0.25, 0.3) is 0 Å². The Hall–Kier alpha value is -0.560. The number of aliphatic hydroxyl groups is 4. The number of ketones is 2. The molecule has 0 heterocycles. The molecule has 0 rings (SSSR count). The van der Waals surface area contributed by atoms with Crippen LogP contribution in [0.5, 0.6) is 0 Å². The molecule has 0 saturated carbocycles. The molecule has 15 heteroatoms. The van der Waals surface area contributed by atoms with Crippen LogP contribution in [-0.4, -0.2) is 83.8 Å². The summed E-state index contributed by atoms with van der Waals surface area (Å²) in [6, 6.07) is -2.13. The fourth-order valence-electron chi connectivity index (χ4n) is 1.34. The van der Waals surface area contributed by atoms with Gasteiger partial charge >= 0.3 is 15.4 Å². The van der Waals surface area contributed by atoms with E-state index in [9.17, 15) is 28.9 Å². The number of hydrogen-bond donors (Lipinski definition) is 8. The SMILES string of the molecule is N[C@@H](C(=O)C(=O)CP(=O)(O)OP(=O)(O)O)[C@@H](O)[C@H](O)[C@H](O)CO. The number of carbonyl (C=O) groups excluding carboxylic acids is 2. The fraction of sp³-hybridized carbons (Fsp3) is 0.750. The van der Waals surface area contributed by atoms with E-state index in [1.807, 2.05) is 0 Å². The smallest absolute Gasteiger partial charge is 0.394 e. The molecule has 0 aliphatic heterocycles. The van der Waals surface area contributed by atoms with Gasteiger partial charge in [-0.2, -0.15) is 0 Å². The molecule has 136 valence electrons. The molecule has 0 radical (unpaired) electrons. The zero-order valence-electron chi connectivity index (χ0n) is 11.4. The van der Waals surface area contributed by atoms with E-state index in [2.05, 4.69) is 4.31 Å². The van der Waals surface area contributed by atoms with Crippen molar-refractivity contribution in [3.8, 4) is 0 Å². The minimum Gasteiger partial charge on any atom is -0.394 e. The standard InChI is InChI=1S/C8H17NO12P2/c9-5(8(15)7(14)3(11)1-10)6(13)4(12)2-22(16,17)21-23(18,19)20/h3,5,7-8,10-11,14-15H,1-2,9H2,(H,16,17)(H2,18,19,20)/t3-,5+,7-,8-/m1/s1. The maximum atomic E-state index is 11.6. The van der Waals surface area contributed by atoms with Gasteiger partial charge < -0.3 is 40.8 Å². The summed E-state index contributed by atoms with van der Waals surface area (Å²) in [5, 5.41) is 36.5. The second kappa shape index (κ2) is 8.51. The van der Waals surface area contributed by atoms with Crippen LogP contribution in [-0.2, 0) is 23.0 Å². The average Bonchev–Trinajstić information content (AvgIpc) is 2.39. The van der Waals surface area contributed by atoms with Crippen molar-refractivity contribution in [2.75, 3.05) is 12.8 Å². The molecule has 0 amide bonds. The molecule has 1 unspecified atom stereocenters. The molecule has 0 saturated heterocycles. The highest BCUT2D eigenvalue weighted by Crippen LogP contribution is 2.56. The molecule has 5 atom stereocenters. The van der Waals surface area contributed by atoms with Gasteiger partial charge in [-0.25, -0.2) is 8.88 Å². The predicted molar refractivity (Wildman–Crippen MR) is 70.9 cm³/mol. The first-order valence-electron chi connectivity index (χ1n) is 5.78. The lowest BCUT2D eigenvalue weighted by Gasteiger charge is -2.25. The van der Waals surface area contributed by atoms with Gasteiger partial charge in [-0.3, -0.25) is 14.2 Å². The van der Waals surface area contributed by atoms with Gasteiger partial charge in [0.1, 0.15) is 30.5 Å². The van der Waals surface area contributed by atoms with Gasteiger partial charge in [-0.15, -0.1) is 0 Å². The second-order valence-corrected chi connectivity index (χ2v) is 7.64. The lowest BCUT2D eigenvalue weighted by atomic mass is 9.97. The quantitative estimate of drug-likeness (QED) is 0.132. The average molecular weight is 381 g/mol. The number of phosphoric acid groups is 1. The highest BCUT2D eigenvalue weighted by atomic mass is 31.3. The Labute approximate surface area is 129 Å². The first-order valence-corrected chi connectivity index (χ1v) is 9.07. The third kappa shape index (κ3) is 7.70. The van der Waals surface area contributed by atoms with Gasteiger partial charge in [-0.1, -0.05) is 0 Å². The molecular formula is C8H17NO12P2. The van der Waals surface area contributed by atoms with Gasteiger partial charge in [0.15, 0.2) is 0 Å². The molecule has 0 aromatic heterocycles. The minimum atomic E-state index is -5.41. The van der Waals surface area contributed by atoms with Gasteiger partial charge in [0.05, 0.1) is 6.61 Å². The van der Waals surface area contributed by atoms with Crippen LogP contribution in [0, 0.1) is 0 Å². The molecule has 0 aliphatic carbocycles. The number of carbonyl (C=O) groups is 2. The molecule has 0 spiro atoms. The Balaban J connectivity index is 4.93. The maximum absolute atomic E-state index is 11.6. The lowest BCUT2D eigenvalue weighted by Crippen LogP contribution is -2.54. The second-order valence-electron chi connectivity index (χ2n) is 4.41. The van der Waals surface area contributed by atoms with E-state index < -0.39 is 64.1 Å². The van der Waals surface area contributed by atoms with Crippen LogP contribution in [0.1, 0.15) is 0 Å². The predicted octanol–water partition coefficient (Wildman–Crippen LogP) is -4.18. The molecular weight excluding hydrogens is 364 g/mol. The molecule has 23 heavy (non-hydrogen) atoms. The first kappa shape index (κ1) is 22.4. The Bertz CT molecular complexity index is 531. The Morgan fingerprint density at radius 1 is 1.04 bits per heavy atom. The van der Waals surface area contributed by atoms with Gasteiger partial charge in [0, 0.05) is 0 Å². The fourth-order valence-corrected chi connectivity index (χ4v) is 3.42. The van der Waals surface area contributed by atoms with E-state index in [0.29, 0.717) is 0 Å². The minimum absolute atomic E-state index is 0.991. The van der Waals surface area contributed by atoms with Crippen molar-refractivity contribution in [1.29, 1.82) is 0 Å². The summed E-state index contributed by atoms with van der Waals surface area (Å²) < 4.78 is 25.2. The van der Waals surface area contributed by atoms with Crippen molar-refractivity contribution < 1.29 is 58.1 Å². The monoisotopic (exact) mass is 381 g/mol. The molecule has 13 nitrogen and oxygen atoms in total. The van der Waals surface area contributed by atoms with Crippen molar-refractivity contribution in [2.24, 2.45) is 5.73 Å². The Morgan fingerprint density at radius 3 is 1.91 bits per heavy atom. The molecule has 0 aromatic carbocycles. The van der Waals surface area contributed by atoms with Crippen molar-refractivity contribution in [3.63, 3.8) is 0 Å². The lowest BCUT2D eigenvalue weighted by molar-refractivity contribution is -0.141. The molecule has 0 aliphatic rings. The number of aliphatic hydroxyl groups excluding tert-OH is 4. The van der Waals surface area contributed by atoms with Crippen LogP contribution >= 0.6 is 15.4 Å². The van der Waals surface area contributed by atoms with E-state index >= 15 is 0 Å². The van der Waals surface area contributed by atoms with E-state index in [0.717, 1.165) is 0 Å². The highest BCUT2D eigenvalue weighted by Gasteiger charge is 2.39. The van der Waals surface area contributed by atoms with Crippen LogP contribution in [0.2, 0.25) is 0 Å². The highest BCUT2D eigenvalue weighted by molar-refractivity contribution is 7.64. The van der Waals surface area contributed by atoms with Gasteiger partial charge in [0.25, 0.3) is 0 Å². The molecule has 0 fully saturated rings. The number of nitrogens with two attached hydrogens (primary N) is 1. The topological polar surface area (TPSA) is 245 Å². The summed E-state index contributed by atoms with van der Waals surface area (Å²) in [7, 11) is -10.6. The third-order valence-corrected chi connectivity index (χ3v) is 5.01. The molecule has 0 aromatic rings. The zero-order valence-corrected chi connectivity index (χ0v) is 13.2. The van der Waals surface area contributed by atoms with Crippen molar-refractivity contribution in [2.45, 2.75) is 24.4 Å². The summed E-state index contributed by atoms with van der Waals surface area (Å²) >= 11 is 0. The van der Waals surface area contributed by atoms with E-state index in [-0.39, 0.29) is 0 Å². The largest absolute Gasteiger partial charge is 0.476 e. The van der Waals surface area contributed by atoms with E-state index in [1.54, 1.807) is 0 Å². The van der Waals surface area contributed by atoms with Crippen LogP contribution in [0.4, 0.5) is 0 Å². The maximum Gasteiger partial charge on any atom is 0.476 e. The van der Waals surface area contributed by atoms with E-state index in [4.69, 9.17) is 30.6 Å². The third-order valence-electron chi connectivity index (χ3n) is 2.45. The summed E-state index contributed by atoms with van der Waals surface area (Å²) in [6.07, 6.45) is -7.80. The Kier molecular flexibility index (Phi) is 8.30. The van der Waals surface area contributed by atoms with Crippen LogP contribution in [0.3, 0.4) is 0 Å². The molecule has 0 bridgehead atoms. The van der Waals surface area contributed by atoms with Gasteiger partial charge in [0.2, 0.25) is 11.6 Å². The van der Waals surface area contributed by atoms with Gasteiger partial charge in [-0.05, 0) is 0 Å². The van der Waals surface area contributed by atoms with Crippen molar-refractivity contribution in [1.82, 2.24) is 0 Å². The van der Waals surface area contributed by atoms with Crippen LogP contribution in [0.15, 0.2) is 0 Å². The number of Topliss-reactive ketones (excluding diaryl/α,β-unsaturated/α-hetero) is 2. The number of hydrogen-bond acceptors (Lipinski definition) is 10. The van der Waals surface area contributed by atoms with Crippen LogP contribution < -0.4 is 5.73 Å². The molecule has 9 N–H and O–H groups in total. The zero-order chi connectivity index (χ0) is 18.6. The van der Waals surface area contributed by atoms with E-state index in [1.165, 1.54) is 0 Å². The first-order chi connectivity index (χ1) is 10.2. The Morgan fingerprint density at radius 2 is 1.52 bits per heavy atom. The summed E-state index contributed by atoms with van der Waals surface area (Å²) in [4.78, 5) is 48.8. The summed E-state index contributed by atoms with van der Waals surface area (Å²) in [5.74, 6) is -3.37. The summed E-state index contributed by atoms with van der Waals surface area (Å²) in [5.41, 5.74) is 5.16. The van der Waals surface area contributed by atoms with Crippen molar-refractivity contribution >= 4 is 27.0 Å².